The van der Waals surface area contributed by atoms with Crippen molar-refractivity contribution in [2.45, 2.75) is 135 Å². The highest BCUT2D eigenvalue weighted by Gasteiger charge is 2.44. The summed E-state index contributed by atoms with van der Waals surface area (Å²) >= 11 is 0. The molecule has 0 aromatic heterocycles. The fourth-order valence-electron chi connectivity index (χ4n) is 8.47. The molecule has 5 amide bonds. The second kappa shape index (κ2) is 24.1. The molecule has 5 N–H and O–H groups in total. The van der Waals surface area contributed by atoms with E-state index >= 15 is 0 Å². The minimum Gasteiger partial charge on any atom is -0.399 e. The number of methoxy groups -OCH3 is 2. The van der Waals surface area contributed by atoms with Gasteiger partial charge in [0.1, 0.15) is 12.1 Å². The van der Waals surface area contributed by atoms with Gasteiger partial charge >= 0.3 is 0 Å². The first kappa shape index (κ1) is 53.8. The smallest absolute Gasteiger partial charge is 0.256 e. The van der Waals surface area contributed by atoms with Crippen molar-refractivity contribution < 1.29 is 41.9 Å². The molecule has 1 aliphatic heterocycles. The summed E-state index contributed by atoms with van der Waals surface area (Å²) in [4.78, 5) is 75.3. The number of nitrogen functional groups attached to an aromatic ring is 1. The first-order valence-corrected chi connectivity index (χ1v) is 24.0. The van der Waals surface area contributed by atoms with Crippen LogP contribution in [0.2, 0.25) is 0 Å². The molecule has 358 valence electrons. The number of ether oxygens (including phenoxy) is 2. The van der Waals surface area contributed by atoms with E-state index in [1.807, 2.05) is 66.6 Å². The number of carbonyl (C=O) groups is 5. The van der Waals surface area contributed by atoms with E-state index in [0.29, 0.717) is 49.0 Å². The molecule has 16 nitrogen and oxygen atoms in total. The van der Waals surface area contributed by atoms with E-state index in [0.717, 1.165) is 0 Å². The van der Waals surface area contributed by atoms with Crippen molar-refractivity contribution in [1.82, 2.24) is 30.1 Å². The summed E-state index contributed by atoms with van der Waals surface area (Å²) in [5, 5.41) is 5.82. The zero-order valence-electron chi connectivity index (χ0n) is 40.1. The molecule has 0 bridgehead atoms. The van der Waals surface area contributed by atoms with Crippen molar-refractivity contribution in [2.75, 3.05) is 47.6 Å². The molecule has 9 atom stereocenters. The van der Waals surface area contributed by atoms with Gasteiger partial charge in [0.25, 0.3) is 5.91 Å². The van der Waals surface area contributed by atoms with Gasteiger partial charge < -0.3 is 35.6 Å². The zero-order valence-corrected chi connectivity index (χ0v) is 40.9. The lowest BCUT2D eigenvalue weighted by Crippen LogP contribution is -2.61. The zero-order chi connectivity index (χ0) is 48.1. The van der Waals surface area contributed by atoms with Crippen LogP contribution < -0.4 is 21.1 Å². The average Bonchev–Trinajstić information content (AvgIpc) is 3.74. The molecule has 1 aliphatic rings. The third-order valence-electron chi connectivity index (χ3n) is 13.2. The van der Waals surface area contributed by atoms with E-state index in [4.69, 9.17) is 15.2 Å². The second-order valence-electron chi connectivity index (χ2n) is 18.0. The summed E-state index contributed by atoms with van der Waals surface area (Å²) in [6.45, 7) is 13.6. The number of rotatable bonds is 24. The second-order valence-corrected chi connectivity index (χ2v) is 19.7. The van der Waals surface area contributed by atoms with Gasteiger partial charge in [-0.15, -0.1) is 0 Å². The number of likely N-dealkylation sites (tertiary alicyclic amines) is 1. The van der Waals surface area contributed by atoms with Gasteiger partial charge in [-0.3, -0.25) is 33.6 Å². The molecule has 2 aromatic rings. The number of nitrogens with one attached hydrogen (secondary N) is 3. The molecule has 64 heavy (non-hydrogen) atoms. The Labute approximate surface area is 381 Å². The highest BCUT2D eigenvalue weighted by atomic mass is 32.2. The number of nitrogens with zero attached hydrogens (tertiary/aromatic N) is 3. The Morgan fingerprint density at radius 2 is 1.52 bits per heavy atom. The van der Waals surface area contributed by atoms with E-state index in [-0.39, 0.29) is 42.4 Å². The Morgan fingerprint density at radius 3 is 2.05 bits per heavy atom. The van der Waals surface area contributed by atoms with Crippen molar-refractivity contribution in [1.29, 1.82) is 0 Å². The van der Waals surface area contributed by atoms with Crippen molar-refractivity contribution in [3.63, 3.8) is 0 Å². The van der Waals surface area contributed by atoms with Crippen LogP contribution in [0.25, 0.3) is 0 Å². The van der Waals surface area contributed by atoms with Crippen LogP contribution in [-0.4, -0.2) is 136 Å². The molecule has 17 heteroatoms. The van der Waals surface area contributed by atoms with E-state index in [1.165, 1.54) is 14.2 Å². The van der Waals surface area contributed by atoms with Crippen molar-refractivity contribution in [3.05, 3.63) is 65.7 Å². The fourth-order valence-corrected chi connectivity index (χ4v) is 9.62. The van der Waals surface area contributed by atoms with Gasteiger partial charge in [0.05, 0.1) is 47.9 Å². The van der Waals surface area contributed by atoms with Crippen LogP contribution in [0.1, 0.15) is 91.7 Å². The number of sulfonamides is 1. The molecule has 0 saturated carbocycles. The average molecular weight is 914 g/mol. The lowest BCUT2D eigenvalue weighted by Gasteiger charge is -2.41. The maximum Gasteiger partial charge on any atom is 0.256 e. The van der Waals surface area contributed by atoms with E-state index in [1.54, 1.807) is 72.3 Å². The Morgan fingerprint density at radius 1 is 0.891 bits per heavy atom. The van der Waals surface area contributed by atoms with Gasteiger partial charge in [0.2, 0.25) is 33.7 Å². The van der Waals surface area contributed by atoms with Gasteiger partial charge in [-0.2, -0.15) is 0 Å². The van der Waals surface area contributed by atoms with Crippen LogP contribution in [0.5, 0.6) is 0 Å². The van der Waals surface area contributed by atoms with Crippen LogP contribution in [0, 0.1) is 17.8 Å². The Kier molecular flexibility index (Phi) is 20.2. The highest BCUT2D eigenvalue weighted by Crippen LogP contribution is 2.30. The van der Waals surface area contributed by atoms with Gasteiger partial charge in [-0.25, -0.2) is 8.42 Å². The minimum atomic E-state index is -4.16. The van der Waals surface area contributed by atoms with Crippen molar-refractivity contribution in [2.24, 2.45) is 17.8 Å². The van der Waals surface area contributed by atoms with Crippen LogP contribution in [-0.2, 0) is 55.6 Å². The van der Waals surface area contributed by atoms with Crippen LogP contribution >= 0.6 is 0 Å². The molecule has 0 aliphatic carbocycles. The lowest BCUT2D eigenvalue weighted by atomic mass is 9.89. The van der Waals surface area contributed by atoms with Gasteiger partial charge in [0, 0.05) is 39.9 Å². The summed E-state index contributed by atoms with van der Waals surface area (Å²) in [5.74, 6) is -3.87. The molecule has 0 radical (unpaired) electrons. The summed E-state index contributed by atoms with van der Waals surface area (Å²) in [6, 6.07) is 12.1. The Bertz CT molecular complexity index is 1970. The molecule has 0 spiro atoms. The highest BCUT2D eigenvalue weighted by molar-refractivity contribution is 7.89. The van der Waals surface area contributed by atoms with Crippen LogP contribution in [0.4, 0.5) is 5.69 Å². The van der Waals surface area contributed by atoms with E-state index < -0.39 is 75.4 Å². The number of anilines is 1. The fraction of sp³-hybridized carbons (Fsp3) is 0.638. The monoisotopic (exact) mass is 914 g/mol. The van der Waals surface area contributed by atoms with Gasteiger partial charge in [-0.05, 0) is 75.4 Å². The largest absolute Gasteiger partial charge is 0.399 e. The first-order valence-electron chi connectivity index (χ1n) is 22.4. The molecule has 1 saturated heterocycles. The van der Waals surface area contributed by atoms with Gasteiger partial charge in [0.15, 0.2) is 0 Å². The predicted octanol–water partition coefficient (Wildman–Crippen LogP) is 3.73. The molecule has 3 rings (SSSR count). The lowest BCUT2D eigenvalue weighted by molar-refractivity contribution is -0.148. The normalized spacial score (nSPS) is 18.5. The SMILES string of the molecule is CC[C@@H](C)[C@@H]([C@@H](CC(=O)N1CCC[C@H]1[C@H](OC)[C@@H](C)C(=O)N[C@@H](Cc1ccccc1)C(=O)NS(=O)(=O)Cc1ccc(N)cc1)OC)N(C)C(=O)[C@@H](NC(=O)[C@](C)(CC)N(C)C)C(C)C. The number of nitrogens with two attached hydrogens (primary N) is 1. The molecule has 1 heterocycles. The number of amides is 5. The summed E-state index contributed by atoms with van der Waals surface area (Å²) in [5.41, 5.74) is 6.52. The number of benzene rings is 2. The Hall–Kier alpha value is -4.58. The van der Waals surface area contributed by atoms with E-state index in [2.05, 4.69) is 15.4 Å². The predicted molar refractivity (Wildman–Crippen MR) is 249 cm³/mol. The van der Waals surface area contributed by atoms with Crippen LogP contribution in [0.3, 0.4) is 0 Å². The molecular formula is C47H75N7O9S. The molecular weight excluding hydrogens is 839 g/mol. The maximum atomic E-state index is 14.4. The summed E-state index contributed by atoms with van der Waals surface area (Å²) < 4.78 is 40.4. The molecule has 1 fully saturated rings. The standard InChI is InChI=1S/C47H75N7O9S/c1-13-31(5)41(53(10)45(58)40(30(3)4)50-46(59)47(7,14-2)52(8)9)38(62-11)28-39(55)54-26-18-21-37(54)42(63-12)32(6)43(56)49-36(27-33-19-16-15-17-20-33)44(57)51-64(60,61)29-34-22-24-35(48)25-23-34/h15-17,19-20,22-25,30-32,36-38,40-42H,13-14,18,21,26-29,48H2,1-12H3,(H,49,56)(H,50,59)(H,51,57)/t31-,32-,36+,37+,38-,40+,41+,42-,47+/m1/s1. The van der Waals surface area contributed by atoms with Crippen LogP contribution in [0.15, 0.2) is 54.6 Å². The topological polar surface area (TPSA) is 210 Å². The number of carbonyl (C=O) groups excluding carboxylic acids is 5. The molecule has 0 unspecified atom stereocenters. The number of hydrogen-bond donors (Lipinski definition) is 4. The third-order valence-corrected chi connectivity index (χ3v) is 14.4. The Balaban J connectivity index is 1.82. The summed E-state index contributed by atoms with van der Waals surface area (Å²) in [7, 11) is 4.20. The first-order chi connectivity index (χ1) is 30.0. The summed E-state index contributed by atoms with van der Waals surface area (Å²) in [6.07, 6.45) is 0.880. The number of hydrogen-bond acceptors (Lipinski definition) is 11. The van der Waals surface area contributed by atoms with E-state index in [9.17, 15) is 32.4 Å². The quantitative estimate of drug-likeness (QED) is 0.112. The maximum absolute atomic E-state index is 14.4. The number of likely N-dealkylation sites (N-methyl/N-ethyl adjacent to an activating group) is 2. The minimum absolute atomic E-state index is 0.0133. The van der Waals surface area contributed by atoms with Crippen molar-refractivity contribution >= 4 is 45.2 Å². The van der Waals surface area contributed by atoms with Gasteiger partial charge in [-0.1, -0.05) is 90.4 Å². The third kappa shape index (κ3) is 14.0. The molecule has 2 aromatic carbocycles. The van der Waals surface area contributed by atoms with Crippen molar-refractivity contribution in [3.8, 4) is 0 Å².